The first-order valence-electron chi connectivity index (χ1n) is 5.90. The van der Waals surface area contributed by atoms with Crippen LogP contribution in [0, 0.1) is 10.1 Å². The summed E-state index contributed by atoms with van der Waals surface area (Å²) in [6, 6.07) is 12.3. The maximum Gasteiger partial charge on any atom is 0.271 e. The van der Waals surface area contributed by atoms with Gasteiger partial charge in [0.05, 0.1) is 4.92 Å². The summed E-state index contributed by atoms with van der Waals surface area (Å²) < 4.78 is 6.60. The number of nitro benzene ring substituents is 1. The van der Waals surface area contributed by atoms with Gasteiger partial charge in [0.1, 0.15) is 5.52 Å². The maximum absolute atomic E-state index is 10.7. The predicted octanol–water partition coefficient (Wildman–Crippen LogP) is 4.09. The molecule has 100 valence electrons. The molecule has 0 fully saturated rings. The smallest absolute Gasteiger partial charge is 0.271 e. The number of nitro groups is 1. The van der Waals surface area contributed by atoms with Crippen molar-refractivity contribution in [3.63, 3.8) is 0 Å². The van der Waals surface area contributed by atoms with E-state index in [9.17, 15) is 10.1 Å². The van der Waals surface area contributed by atoms with Gasteiger partial charge in [0.15, 0.2) is 11.5 Å². The Kier molecular flexibility index (Phi) is 3.23. The van der Waals surface area contributed by atoms with Crippen molar-refractivity contribution in [3.8, 4) is 0 Å². The molecule has 0 amide bonds. The van der Waals surface area contributed by atoms with Crippen LogP contribution in [0.5, 0.6) is 0 Å². The van der Waals surface area contributed by atoms with Gasteiger partial charge in [0, 0.05) is 23.0 Å². The molecule has 3 rings (SSSR count). The van der Waals surface area contributed by atoms with Crippen molar-refractivity contribution >= 4 is 32.7 Å². The topological polar surface area (TPSA) is 69.2 Å². The fraction of sp³-hybridized carbons (Fsp3) is 0.0714. The van der Waals surface area contributed by atoms with Gasteiger partial charge < -0.3 is 4.42 Å². The zero-order valence-corrected chi connectivity index (χ0v) is 11.8. The third-order valence-electron chi connectivity index (χ3n) is 2.89. The molecule has 0 aliphatic rings. The average molecular weight is 333 g/mol. The number of aromatic nitrogens is 1. The van der Waals surface area contributed by atoms with Gasteiger partial charge in [-0.15, -0.1) is 0 Å². The van der Waals surface area contributed by atoms with Gasteiger partial charge in [-0.3, -0.25) is 10.1 Å². The van der Waals surface area contributed by atoms with E-state index >= 15 is 0 Å². The Hall–Kier alpha value is -2.21. The summed E-state index contributed by atoms with van der Waals surface area (Å²) in [4.78, 5) is 14.6. The minimum atomic E-state index is -0.442. The van der Waals surface area contributed by atoms with E-state index < -0.39 is 4.92 Å². The molecule has 3 aromatic rings. The third kappa shape index (κ3) is 2.55. The number of nitrogens with zero attached hydrogens (tertiary/aromatic N) is 2. The third-order valence-corrected chi connectivity index (χ3v) is 3.42. The Bertz CT molecular complexity index is 781. The molecule has 0 unspecified atom stereocenters. The van der Waals surface area contributed by atoms with E-state index in [1.54, 1.807) is 6.07 Å². The Morgan fingerprint density at radius 2 is 1.95 bits per heavy atom. The highest BCUT2D eigenvalue weighted by molar-refractivity contribution is 9.10. The average Bonchev–Trinajstić information content (AvgIpc) is 2.82. The Morgan fingerprint density at radius 1 is 1.20 bits per heavy atom. The summed E-state index contributed by atoms with van der Waals surface area (Å²) in [5.41, 5.74) is 2.14. The lowest BCUT2D eigenvalue weighted by Gasteiger charge is -1.96. The first-order chi connectivity index (χ1) is 9.61. The van der Waals surface area contributed by atoms with E-state index in [0.29, 0.717) is 23.4 Å². The van der Waals surface area contributed by atoms with Crippen LogP contribution in [0.1, 0.15) is 11.5 Å². The van der Waals surface area contributed by atoms with E-state index in [-0.39, 0.29) is 5.69 Å². The number of fused-ring (bicyclic) bond motifs is 1. The minimum Gasteiger partial charge on any atom is -0.440 e. The lowest BCUT2D eigenvalue weighted by atomic mass is 10.1. The lowest BCUT2D eigenvalue weighted by Crippen LogP contribution is -1.88. The number of rotatable bonds is 3. The summed E-state index contributed by atoms with van der Waals surface area (Å²) in [5, 5.41) is 10.7. The quantitative estimate of drug-likeness (QED) is 0.535. The van der Waals surface area contributed by atoms with Gasteiger partial charge in [0.2, 0.25) is 0 Å². The van der Waals surface area contributed by atoms with Gasteiger partial charge in [-0.2, -0.15) is 0 Å². The largest absolute Gasteiger partial charge is 0.440 e. The highest BCUT2D eigenvalue weighted by atomic mass is 79.9. The fourth-order valence-electron chi connectivity index (χ4n) is 1.93. The molecule has 2 aromatic carbocycles. The van der Waals surface area contributed by atoms with Crippen LogP contribution < -0.4 is 0 Å². The summed E-state index contributed by atoms with van der Waals surface area (Å²) in [7, 11) is 0. The molecule has 0 bridgehead atoms. The summed E-state index contributed by atoms with van der Waals surface area (Å²) in [6.07, 6.45) is 0.551. The normalized spacial score (nSPS) is 10.8. The molecular weight excluding hydrogens is 324 g/mol. The number of hydrogen-bond donors (Lipinski definition) is 0. The van der Waals surface area contributed by atoms with Crippen LogP contribution in [-0.2, 0) is 6.42 Å². The van der Waals surface area contributed by atoms with Crippen LogP contribution in [0.4, 0.5) is 5.69 Å². The SMILES string of the molecule is O=[N+]([O-])c1ccc2oc(Cc3ccc(Br)cc3)nc2c1. The molecule has 0 aliphatic heterocycles. The zero-order chi connectivity index (χ0) is 14.1. The Labute approximate surface area is 122 Å². The van der Waals surface area contributed by atoms with Crippen molar-refractivity contribution in [1.29, 1.82) is 0 Å². The molecular formula is C14H9BrN2O3. The van der Waals surface area contributed by atoms with Crippen LogP contribution in [0.2, 0.25) is 0 Å². The molecule has 5 nitrogen and oxygen atoms in total. The molecule has 0 radical (unpaired) electrons. The molecule has 6 heteroatoms. The fourth-order valence-corrected chi connectivity index (χ4v) is 2.19. The zero-order valence-electron chi connectivity index (χ0n) is 10.2. The van der Waals surface area contributed by atoms with E-state index in [1.165, 1.54) is 12.1 Å². The van der Waals surface area contributed by atoms with Crippen molar-refractivity contribution < 1.29 is 9.34 Å². The van der Waals surface area contributed by atoms with Crippen LogP contribution in [0.15, 0.2) is 51.4 Å². The van der Waals surface area contributed by atoms with Crippen molar-refractivity contribution in [2.45, 2.75) is 6.42 Å². The van der Waals surface area contributed by atoms with Gasteiger partial charge in [-0.25, -0.2) is 4.98 Å². The standard InChI is InChI=1S/C14H9BrN2O3/c15-10-3-1-9(2-4-10)7-14-16-12-8-11(17(18)19)5-6-13(12)20-14/h1-6,8H,7H2. The summed E-state index contributed by atoms with van der Waals surface area (Å²) in [6.45, 7) is 0. The van der Waals surface area contributed by atoms with Crippen molar-refractivity contribution in [2.75, 3.05) is 0 Å². The molecule has 1 heterocycles. The van der Waals surface area contributed by atoms with E-state index in [2.05, 4.69) is 20.9 Å². The summed E-state index contributed by atoms with van der Waals surface area (Å²) in [5.74, 6) is 0.544. The molecule has 0 N–H and O–H groups in total. The van der Waals surface area contributed by atoms with E-state index in [0.717, 1.165) is 10.0 Å². The molecule has 0 aliphatic carbocycles. The van der Waals surface area contributed by atoms with Gasteiger partial charge in [0.25, 0.3) is 5.69 Å². The number of oxazole rings is 1. The molecule has 0 saturated carbocycles. The van der Waals surface area contributed by atoms with Crippen LogP contribution in [-0.4, -0.2) is 9.91 Å². The number of halogens is 1. The van der Waals surface area contributed by atoms with E-state index in [4.69, 9.17) is 4.42 Å². The summed E-state index contributed by atoms with van der Waals surface area (Å²) >= 11 is 3.38. The minimum absolute atomic E-state index is 0.0148. The second kappa shape index (κ2) is 5.05. The van der Waals surface area contributed by atoms with E-state index in [1.807, 2.05) is 24.3 Å². The van der Waals surface area contributed by atoms with Gasteiger partial charge in [-0.1, -0.05) is 28.1 Å². The number of hydrogen-bond acceptors (Lipinski definition) is 4. The maximum atomic E-state index is 10.7. The number of benzene rings is 2. The van der Waals surface area contributed by atoms with Gasteiger partial charge >= 0.3 is 0 Å². The molecule has 0 spiro atoms. The number of non-ortho nitro benzene ring substituents is 1. The van der Waals surface area contributed by atoms with Crippen molar-refractivity contribution in [1.82, 2.24) is 4.98 Å². The van der Waals surface area contributed by atoms with Crippen LogP contribution >= 0.6 is 15.9 Å². The van der Waals surface area contributed by atoms with Crippen LogP contribution in [0.25, 0.3) is 11.1 Å². The van der Waals surface area contributed by atoms with Gasteiger partial charge in [-0.05, 0) is 23.8 Å². The predicted molar refractivity (Wildman–Crippen MR) is 77.6 cm³/mol. The van der Waals surface area contributed by atoms with Crippen molar-refractivity contribution in [2.24, 2.45) is 0 Å². The second-order valence-electron chi connectivity index (χ2n) is 4.32. The highest BCUT2D eigenvalue weighted by Crippen LogP contribution is 2.23. The monoisotopic (exact) mass is 332 g/mol. The van der Waals surface area contributed by atoms with Crippen molar-refractivity contribution in [3.05, 3.63) is 68.5 Å². The first kappa shape index (κ1) is 12.8. The Balaban J connectivity index is 1.92. The Morgan fingerprint density at radius 3 is 2.65 bits per heavy atom. The highest BCUT2D eigenvalue weighted by Gasteiger charge is 2.11. The molecule has 20 heavy (non-hydrogen) atoms. The second-order valence-corrected chi connectivity index (χ2v) is 5.24. The molecule has 1 aromatic heterocycles. The first-order valence-corrected chi connectivity index (χ1v) is 6.69. The molecule has 0 atom stereocenters. The lowest BCUT2D eigenvalue weighted by molar-refractivity contribution is -0.384. The molecule has 0 saturated heterocycles. The van der Waals surface area contributed by atoms with Crippen LogP contribution in [0.3, 0.4) is 0 Å².